The third-order valence-corrected chi connectivity index (χ3v) is 6.32. The summed E-state index contributed by atoms with van der Waals surface area (Å²) in [5, 5.41) is 15.3. The van der Waals surface area contributed by atoms with Gasteiger partial charge in [0.25, 0.3) is 0 Å². The van der Waals surface area contributed by atoms with Crippen molar-refractivity contribution in [1.82, 2.24) is 14.7 Å². The van der Waals surface area contributed by atoms with E-state index >= 15 is 0 Å². The molecule has 2 aromatic carbocycles. The van der Waals surface area contributed by atoms with Crippen LogP contribution in [0.2, 0.25) is 0 Å². The number of benzene rings is 2. The van der Waals surface area contributed by atoms with Crippen LogP contribution in [0.15, 0.2) is 48.5 Å². The summed E-state index contributed by atoms with van der Waals surface area (Å²) in [6.45, 7) is 8.14. The normalized spacial score (nSPS) is 16.9. The van der Waals surface area contributed by atoms with Crippen LogP contribution in [0.1, 0.15) is 37.9 Å². The van der Waals surface area contributed by atoms with Crippen LogP contribution in [0, 0.1) is 24.5 Å². The Labute approximate surface area is 205 Å². The molecule has 1 saturated heterocycles. The maximum atomic E-state index is 14.5. The number of ether oxygens (including phenoxy) is 2. The number of aromatic nitrogens is 2. The average Bonchev–Trinajstić information content (AvgIpc) is 3.44. The second kappa shape index (κ2) is 11.3. The molecule has 1 N–H and O–H groups in total. The van der Waals surface area contributed by atoms with E-state index in [4.69, 9.17) is 14.6 Å². The first-order chi connectivity index (χ1) is 16.8. The molecule has 0 amide bonds. The van der Waals surface area contributed by atoms with Gasteiger partial charge in [0.05, 0.1) is 29.2 Å². The lowest BCUT2D eigenvalue weighted by atomic mass is 10.1. The number of hydrogen-bond donors (Lipinski definition) is 1. The van der Waals surface area contributed by atoms with E-state index < -0.39 is 17.7 Å². The lowest BCUT2D eigenvalue weighted by Crippen LogP contribution is -2.39. The Bertz CT molecular complexity index is 1110. The fraction of sp³-hybridized carbons (Fsp3) is 0.444. The Morgan fingerprint density at radius 3 is 2.63 bits per heavy atom. The van der Waals surface area contributed by atoms with Gasteiger partial charge in [-0.05, 0) is 49.9 Å². The molecule has 8 heteroatoms. The predicted molar refractivity (Wildman–Crippen MR) is 130 cm³/mol. The van der Waals surface area contributed by atoms with Crippen molar-refractivity contribution < 1.29 is 23.4 Å². The van der Waals surface area contributed by atoms with Gasteiger partial charge in [-0.25, -0.2) is 13.5 Å². The largest absolute Gasteiger partial charge is 0.435 e. The quantitative estimate of drug-likeness (QED) is 0.425. The van der Waals surface area contributed by atoms with Crippen LogP contribution in [0.4, 0.5) is 8.78 Å². The highest BCUT2D eigenvalue weighted by atomic mass is 19.1. The second-order valence-electron chi connectivity index (χ2n) is 9.43. The highest BCUT2D eigenvalue weighted by Gasteiger charge is 2.27. The molecule has 0 aliphatic carbocycles. The Morgan fingerprint density at radius 1 is 1.20 bits per heavy atom. The van der Waals surface area contributed by atoms with E-state index in [1.807, 2.05) is 51.1 Å². The minimum absolute atomic E-state index is 0.0855. The van der Waals surface area contributed by atoms with Crippen LogP contribution < -0.4 is 4.74 Å². The highest BCUT2D eigenvalue weighted by molar-refractivity contribution is 5.43. The van der Waals surface area contributed by atoms with Gasteiger partial charge in [-0.3, -0.25) is 4.90 Å². The van der Waals surface area contributed by atoms with Crippen molar-refractivity contribution >= 4 is 0 Å². The molecule has 1 aliphatic rings. The maximum Gasteiger partial charge on any atom is 0.227 e. The predicted octanol–water partition coefficient (Wildman–Crippen LogP) is 5.25. The molecular weight excluding hydrogens is 452 g/mol. The van der Waals surface area contributed by atoms with Gasteiger partial charge in [0.1, 0.15) is 5.82 Å². The fourth-order valence-corrected chi connectivity index (χ4v) is 4.21. The van der Waals surface area contributed by atoms with Gasteiger partial charge in [0.15, 0.2) is 11.6 Å². The molecule has 4 rings (SSSR count). The van der Waals surface area contributed by atoms with Gasteiger partial charge in [-0.2, -0.15) is 5.10 Å². The van der Waals surface area contributed by atoms with Crippen molar-refractivity contribution in [1.29, 1.82) is 0 Å². The number of halogens is 2. The topological polar surface area (TPSA) is 59.8 Å². The summed E-state index contributed by atoms with van der Waals surface area (Å²) in [6, 6.07) is 12.7. The van der Waals surface area contributed by atoms with Crippen molar-refractivity contribution in [2.75, 3.05) is 19.7 Å². The van der Waals surface area contributed by atoms with Crippen LogP contribution >= 0.6 is 0 Å². The van der Waals surface area contributed by atoms with Crippen molar-refractivity contribution in [3.63, 3.8) is 0 Å². The van der Waals surface area contributed by atoms with Crippen LogP contribution in [0.5, 0.6) is 11.6 Å². The number of hydrogen-bond acceptors (Lipinski definition) is 5. The number of aryl methyl sites for hydroxylation is 1. The van der Waals surface area contributed by atoms with Gasteiger partial charge < -0.3 is 14.6 Å². The standard InChI is InChI=1S/C27H33F2N3O3/c1-18(2)25(33)17-31(15-22-10-7-13-34-22)16-23-19(3)30-32(21-8-5-4-6-9-21)27(23)35-26-12-11-20(28)14-24(26)29/h4-6,8-9,11-12,14,18,22,25,33H,7,10,13,15-17H2,1-3H3. The monoisotopic (exact) mass is 485 g/mol. The Hall–Kier alpha value is -2.81. The molecule has 1 aromatic heterocycles. The third-order valence-electron chi connectivity index (χ3n) is 6.32. The zero-order chi connectivity index (χ0) is 24.9. The Balaban J connectivity index is 1.71. The lowest BCUT2D eigenvalue weighted by molar-refractivity contribution is 0.0327. The molecule has 0 saturated carbocycles. The van der Waals surface area contributed by atoms with Crippen molar-refractivity contribution in [2.45, 2.75) is 52.4 Å². The average molecular weight is 486 g/mol. The van der Waals surface area contributed by atoms with E-state index in [0.717, 1.165) is 48.5 Å². The van der Waals surface area contributed by atoms with Crippen LogP contribution in [0.25, 0.3) is 5.69 Å². The number of para-hydroxylation sites is 1. The van der Waals surface area contributed by atoms with Gasteiger partial charge in [0, 0.05) is 32.3 Å². The Morgan fingerprint density at radius 2 is 1.97 bits per heavy atom. The van der Waals surface area contributed by atoms with E-state index in [1.54, 1.807) is 4.68 Å². The van der Waals surface area contributed by atoms with Gasteiger partial charge >= 0.3 is 0 Å². The summed E-state index contributed by atoms with van der Waals surface area (Å²) in [5.41, 5.74) is 2.25. The molecule has 0 radical (unpaired) electrons. The molecule has 0 bridgehead atoms. The van der Waals surface area contributed by atoms with E-state index in [9.17, 15) is 13.9 Å². The highest BCUT2D eigenvalue weighted by Crippen LogP contribution is 2.33. The maximum absolute atomic E-state index is 14.5. The van der Waals surface area contributed by atoms with Gasteiger partial charge in [0.2, 0.25) is 5.88 Å². The molecule has 188 valence electrons. The summed E-state index contributed by atoms with van der Waals surface area (Å²) in [5.74, 6) is -1.10. The first-order valence-corrected chi connectivity index (χ1v) is 12.1. The van der Waals surface area contributed by atoms with Crippen molar-refractivity contribution in [3.8, 4) is 17.3 Å². The third kappa shape index (κ3) is 6.25. The van der Waals surface area contributed by atoms with E-state index in [1.165, 1.54) is 6.07 Å². The number of aliphatic hydroxyl groups excluding tert-OH is 1. The van der Waals surface area contributed by atoms with Crippen molar-refractivity contribution in [3.05, 3.63) is 71.4 Å². The molecule has 0 spiro atoms. The number of aliphatic hydroxyl groups is 1. The number of rotatable bonds is 10. The molecule has 3 aromatic rings. The zero-order valence-electron chi connectivity index (χ0n) is 20.5. The summed E-state index contributed by atoms with van der Waals surface area (Å²) in [6.07, 6.45) is 1.58. The summed E-state index contributed by atoms with van der Waals surface area (Å²) in [4.78, 5) is 2.15. The van der Waals surface area contributed by atoms with Crippen molar-refractivity contribution in [2.24, 2.45) is 5.92 Å². The van der Waals surface area contributed by atoms with E-state index in [0.29, 0.717) is 25.5 Å². The summed E-state index contributed by atoms with van der Waals surface area (Å²) >= 11 is 0. The first kappa shape index (κ1) is 25.3. The van der Waals surface area contributed by atoms with Crippen LogP contribution in [-0.4, -0.2) is 51.7 Å². The number of nitrogens with zero attached hydrogens (tertiary/aromatic N) is 3. The Kier molecular flexibility index (Phi) is 8.15. The molecule has 2 heterocycles. The minimum Gasteiger partial charge on any atom is -0.435 e. The molecule has 2 unspecified atom stereocenters. The molecule has 6 nitrogen and oxygen atoms in total. The van der Waals surface area contributed by atoms with Crippen LogP contribution in [-0.2, 0) is 11.3 Å². The summed E-state index contributed by atoms with van der Waals surface area (Å²) in [7, 11) is 0. The SMILES string of the molecule is Cc1nn(-c2ccccc2)c(Oc2ccc(F)cc2F)c1CN(CC1CCCO1)CC(O)C(C)C. The molecule has 2 atom stereocenters. The van der Waals surface area contributed by atoms with Gasteiger partial charge in [-0.1, -0.05) is 32.0 Å². The fourth-order valence-electron chi connectivity index (χ4n) is 4.21. The molecule has 1 fully saturated rings. The molecule has 35 heavy (non-hydrogen) atoms. The van der Waals surface area contributed by atoms with E-state index in [2.05, 4.69) is 4.90 Å². The summed E-state index contributed by atoms with van der Waals surface area (Å²) < 4.78 is 41.6. The molecular formula is C27H33F2N3O3. The zero-order valence-corrected chi connectivity index (χ0v) is 20.5. The molecule has 1 aliphatic heterocycles. The second-order valence-corrected chi connectivity index (χ2v) is 9.43. The van der Waals surface area contributed by atoms with Gasteiger partial charge in [-0.15, -0.1) is 0 Å². The van der Waals surface area contributed by atoms with E-state index in [-0.39, 0.29) is 17.8 Å². The first-order valence-electron chi connectivity index (χ1n) is 12.1. The van der Waals surface area contributed by atoms with Crippen LogP contribution in [0.3, 0.4) is 0 Å². The smallest absolute Gasteiger partial charge is 0.227 e. The lowest BCUT2D eigenvalue weighted by Gasteiger charge is -2.29. The minimum atomic E-state index is -0.791.